The molecule has 0 amide bonds. The summed E-state index contributed by atoms with van der Waals surface area (Å²) in [5.74, 6) is -1.57. The maximum absolute atomic E-state index is 10.3. The highest BCUT2D eigenvalue weighted by molar-refractivity contribution is 5.70. The van der Waals surface area contributed by atoms with Crippen LogP contribution in [0.4, 0.5) is 0 Å². The van der Waals surface area contributed by atoms with Crippen molar-refractivity contribution in [2.75, 3.05) is 6.54 Å². The quantitative estimate of drug-likeness (QED) is 0.743. The van der Waals surface area contributed by atoms with E-state index in [0.29, 0.717) is 6.04 Å². The summed E-state index contributed by atoms with van der Waals surface area (Å²) in [6.45, 7) is 5.95. The standard InChI is InChI=1S/C9H10O2.C6H13NO2/c1-7-4-2-3-5-8(7)6-9(10)11;1-3-5(2)7-4-6(8)9/h2-5H,6H2,1H3,(H,10,11);5,7H,3-4H2,1-2H3,(H,8,9). The SMILES string of the molecule is CCC(C)NCC(=O)O.Cc1ccccc1CC(=O)O. The first-order valence-electron chi connectivity index (χ1n) is 6.58. The monoisotopic (exact) mass is 281 g/mol. The summed E-state index contributed by atoms with van der Waals surface area (Å²) in [6, 6.07) is 7.81. The molecular formula is C15H23NO4. The first kappa shape index (κ1) is 18.1. The molecule has 112 valence electrons. The zero-order chi connectivity index (χ0) is 15.5. The van der Waals surface area contributed by atoms with Gasteiger partial charge in [0, 0.05) is 6.04 Å². The van der Waals surface area contributed by atoms with E-state index in [-0.39, 0.29) is 13.0 Å². The molecular weight excluding hydrogens is 258 g/mol. The van der Waals surface area contributed by atoms with E-state index < -0.39 is 11.9 Å². The number of aliphatic carboxylic acids is 2. The third-order valence-electron chi connectivity index (χ3n) is 2.82. The molecule has 0 heterocycles. The first-order chi connectivity index (χ1) is 9.36. The third kappa shape index (κ3) is 9.10. The smallest absolute Gasteiger partial charge is 0.317 e. The van der Waals surface area contributed by atoms with Crippen LogP contribution in [-0.4, -0.2) is 34.7 Å². The van der Waals surface area contributed by atoms with Gasteiger partial charge in [-0.15, -0.1) is 0 Å². The van der Waals surface area contributed by atoms with E-state index in [1.54, 1.807) is 0 Å². The van der Waals surface area contributed by atoms with Crippen LogP contribution in [-0.2, 0) is 16.0 Å². The minimum absolute atomic E-state index is 0.0645. The Morgan fingerprint density at radius 1 is 1.20 bits per heavy atom. The minimum atomic E-state index is -0.796. The Morgan fingerprint density at radius 3 is 2.25 bits per heavy atom. The predicted molar refractivity (Wildman–Crippen MR) is 77.9 cm³/mol. The molecule has 1 rings (SSSR count). The summed E-state index contributed by atoms with van der Waals surface area (Å²) in [7, 11) is 0. The highest BCUT2D eigenvalue weighted by atomic mass is 16.4. The Labute approximate surface area is 119 Å². The van der Waals surface area contributed by atoms with Crippen LogP contribution in [0.15, 0.2) is 24.3 Å². The predicted octanol–water partition coefficient (Wildman–Crippen LogP) is 2.08. The van der Waals surface area contributed by atoms with Gasteiger partial charge in [0.05, 0.1) is 13.0 Å². The molecule has 0 bridgehead atoms. The van der Waals surface area contributed by atoms with Gasteiger partial charge in [-0.3, -0.25) is 9.59 Å². The number of carbonyl (C=O) groups is 2. The van der Waals surface area contributed by atoms with Gasteiger partial charge < -0.3 is 15.5 Å². The number of nitrogens with one attached hydrogen (secondary N) is 1. The maximum Gasteiger partial charge on any atom is 0.317 e. The molecule has 3 N–H and O–H groups in total. The Hall–Kier alpha value is -1.88. The van der Waals surface area contributed by atoms with Crippen molar-refractivity contribution in [3.8, 4) is 0 Å². The molecule has 0 aliphatic heterocycles. The van der Waals surface area contributed by atoms with Gasteiger partial charge in [0.2, 0.25) is 0 Å². The maximum atomic E-state index is 10.3. The lowest BCUT2D eigenvalue weighted by Crippen LogP contribution is -2.30. The van der Waals surface area contributed by atoms with Crippen molar-refractivity contribution in [1.29, 1.82) is 0 Å². The molecule has 5 heteroatoms. The number of aryl methyl sites for hydroxylation is 1. The zero-order valence-corrected chi connectivity index (χ0v) is 12.2. The van der Waals surface area contributed by atoms with Gasteiger partial charge in [0.25, 0.3) is 0 Å². The van der Waals surface area contributed by atoms with Gasteiger partial charge in [-0.25, -0.2) is 0 Å². The Bertz CT molecular complexity index is 432. The van der Waals surface area contributed by atoms with Crippen molar-refractivity contribution >= 4 is 11.9 Å². The van der Waals surface area contributed by atoms with E-state index in [1.165, 1.54) is 0 Å². The number of hydrogen-bond donors (Lipinski definition) is 3. The Kier molecular flexibility index (Phi) is 9.04. The van der Waals surface area contributed by atoms with Crippen LogP contribution in [0.2, 0.25) is 0 Å². The molecule has 0 spiro atoms. The van der Waals surface area contributed by atoms with Crippen LogP contribution in [0.25, 0.3) is 0 Å². The van der Waals surface area contributed by atoms with Crippen molar-refractivity contribution < 1.29 is 19.8 Å². The lowest BCUT2D eigenvalue weighted by Gasteiger charge is -2.07. The summed E-state index contributed by atoms with van der Waals surface area (Å²) in [5.41, 5.74) is 1.93. The molecule has 1 aromatic rings. The fraction of sp³-hybridized carbons (Fsp3) is 0.467. The highest BCUT2D eigenvalue weighted by Gasteiger charge is 2.01. The van der Waals surface area contributed by atoms with Crippen molar-refractivity contribution in [3.63, 3.8) is 0 Å². The lowest BCUT2D eigenvalue weighted by atomic mass is 10.1. The van der Waals surface area contributed by atoms with Crippen LogP contribution >= 0.6 is 0 Å². The molecule has 1 unspecified atom stereocenters. The van der Waals surface area contributed by atoms with Gasteiger partial charge >= 0.3 is 11.9 Å². The Balaban J connectivity index is 0.000000370. The second-order valence-electron chi connectivity index (χ2n) is 4.58. The molecule has 0 aliphatic rings. The van der Waals surface area contributed by atoms with E-state index >= 15 is 0 Å². The largest absolute Gasteiger partial charge is 0.481 e. The van der Waals surface area contributed by atoms with Gasteiger partial charge in [-0.1, -0.05) is 31.2 Å². The summed E-state index contributed by atoms with van der Waals surface area (Å²) >= 11 is 0. The summed E-state index contributed by atoms with van der Waals surface area (Å²) in [6.07, 6.45) is 1.08. The van der Waals surface area contributed by atoms with Crippen molar-refractivity contribution in [2.45, 2.75) is 39.7 Å². The third-order valence-corrected chi connectivity index (χ3v) is 2.82. The van der Waals surface area contributed by atoms with Crippen LogP contribution < -0.4 is 5.32 Å². The van der Waals surface area contributed by atoms with Crippen LogP contribution in [0.3, 0.4) is 0 Å². The van der Waals surface area contributed by atoms with E-state index in [4.69, 9.17) is 10.2 Å². The van der Waals surface area contributed by atoms with Gasteiger partial charge in [0.15, 0.2) is 0 Å². The molecule has 1 atom stereocenters. The average molecular weight is 281 g/mol. The van der Waals surface area contributed by atoms with Crippen LogP contribution in [0, 0.1) is 6.92 Å². The molecule has 0 saturated carbocycles. The zero-order valence-electron chi connectivity index (χ0n) is 12.2. The lowest BCUT2D eigenvalue weighted by molar-refractivity contribution is -0.137. The average Bonchev–Trinajstić information content (AvgIpc) is 2.39. The second kappa shape index (κ2) is 9.97. The number of carboxylic acid groups (broad SMARTS) is 2. The molecule has 0 aliphatic carbocycles. The van der Waals surface area contributed by atoms with E-state index in [9.17, 15) is 9.59 Å². The molecule has 0 radical (unpaired) electrons. The van der Waals surface area contributed by atoms with Crippen LogP contribution in [0.5, 0.6) is 0 Å². The number of benzene rings is 1. The molecule has 0 saturated heterocycles. The van der Waals surface area contributed by atoms with E-state index in [2.05, 4.69) is 5.32 Å². The van der Waals surface area contributed by atoms with E-state index in [1.807, 2.05) is 45.0 Å². The van der Waals surface area contributed by atoms with Gasteiger partial charge in [-0.05, 0) is 31.4 Å². The van der Waals surface area contributed by atoms with Gasteiger partial charge in [0.1, 0.15) is 0 Å². The number of hydrogen-bond acceptors (Lipinski definition) is 3. The number of carboxylic acids is 2. The molecule has 0 aromatic heterocycles. The molecule has 0 fully saturated rings. The van der Waals surface area contributed by atoms with E-state index in [0.717, 1.165) is 17.5 Å². The fourth-order valence-corrected chi connectivity index (χ4v) is 1.38. The first-order valence-corrected chi connectivity index (χ1v) is 6.58. The van der Waals surface area contributed by atoms with Crippen molar-refractivity contribution in [2.24, 2.45) is 0 Å². The van der Waals surface area contributed by atoms with Gasteiger partial charge in [-0.2, -0.15) is 0 Å². The summed E-state index contributed by atoms with van der Waals surface area (Å²) in [5, 5.41) is 19.5. The summed E-state index contributed by atoms with van der Waals surface area (Å²) in [4.78, 5) is 20.3. The molecule has 5 nitrogen and oxygen atoms in total. The molecule has 20 heavy (non-hydrogen) atoms. The Morgan fingerprint density at radius 2 is 1.80 bits per heavy atom. The highest BCUT2D eigenvalue weighted by Crippen LogP contribution is 2.06. The number of rotatable bonds is 6. The fourth-order valence-electron chi connectivity index (χ4n) is 1.38. The topological polar surface area (TPSA) is 86.6 Å². The van der Waals surface area contributed by atoms with Crippen LogP contribution in [0.1, 0.15) is 31.4 Å². The summed E-state index contributed by atoms with van der Waals surface area (Å²) < 4.78 is 0. The second-order valence-corrected chi connectivity index (χ2v) is 4.58. The normalized spacial score (nSPS) is 11.2. The minimum Gasteiger partial charge on any atom is -0.481 e. The van der Waals surface area contributed by atoms with Crippen molar-refractivity contribution in [3.05, 3.63) is 35.4 Å². The molecule has 1 aromatic carbocycles. The van der Waals surface area contributed by atoms with Crippen molar-refractivity contribution in [1.82, 2.24) is 5.32 Å².